The molecule has 0 aliphatic rings. The molecule has 0 aliphatic carbocycles. The smallest absolute Gasteiger partial charge is 0.0737 e. The van der Waals surface area contributed by atoms with Crippen LogP contribution < -0.4 is 5.32 Å². The second-order valence-electron chi connectivity index (χ2n) is 6.14. The number of fused-ring (bicyclic) bond motifs is 1. The highest BCUT2D eigenvalue weighted by Crippen LogP contribution is 2.25. The van der Waals surface area contributed by atoms with Crippen molar-refractivity contribution in [3.63, 3.8) is 0 Å². The molecule has 0 amide bonds. The van der Waals surface area contributed by atoms with Crippen molar-refractivity contribution in [2.75, 3.05) is 25.0 Å². The summed E-state index contributed by atoms with van der Waals surface area (Å²) in [5.41, 5.74) is 2.08. The molecule has 0 radical (unpaired) electrons. The highest BCUT2D eigenvalue weighted by molar-refractivity contribution is 6.31. The number of nitrogens with one attached hydrogen (secondary N) is 1. The van der Waals surface area contributed by atoms with Gasteiger partial charge in [-0.1, -0.05) is 25.4 Å². The third-order valence-corrected chi connectivity index (χ3v) is 4.44. The Bertz CT molecular complexity index is 615. The molecule has 1 N–H and O–H groups in total. The molecule has 2 aromatic rings. The number of hydrogen-bond donors (Lipinski definition) is 1. The van der Waals surface area contributed by atoms with Crippen molar-refractivity contribution in [3.8, 4) is 0 Å². The zero-order valence-electron chi connectivity index (χ0n) is 14.5. The van der Waals surface area contributed by atoms with Crippen LogP contribution in [0.2, 0.25) is 5.02 Å². The maximum atomic E-state index is 6.05. The monoisotopic (exact) mass is 333 g/mol. The van der Waals surface area contributed by atoms with Gasteiger partial charge in [-0.2, -0.15) is 0 Å². The second-order valence-corrected chi connectivity index (χ2v) is 6.58. The second kappa shape index (κ2) is 9.09. The van der Waals surface area contributed by atoms with Gasteiger partial charge in [0.2, 0.25) is 0 Å². The van der Waals surface area contributed by atoms with Crippen molar-refractivity contribution in [2.45, 2.75) is 46.1 Å². The van der Waals surface area contributed by atoms with Crippen LogP contribution in [0.25, 0.3) is 10.9 Å². The van der Waals surface area contributed by atoms with Crippen molar-refractivity contribution in [1.29, 1.82) is 0 Å². The van der Waals surface area contributed by atoms with Gasteiger partial charge in [0, 0.05) is 28.3 Å². The molecule has 2 rings (SSSR count). The van der Waals surface area contributed by atoms with Gasteiger partial charge in [-0.05, 0) is 70.1 Å². The molecule has 0 saturated carbocycles. The summed E-state index contributed by atoms with van der Waals surface area (Å²) in [6.45, 7) is 10.3. The molecule has 1 unspecified atom stereocenters. The molecule has 23 heavy (non-hydrogen) atoms. The van der Waals surface area contributed by atoms with Gasteiger partial charge in [-0.3, -0.25) is 4.98 Å². The largest absolute Gasteiger partial charge is 0.382 e. The van der Waals surface area contributed by atoms with E-state index in [0.717, 1.165) is 34.6 Å². The first-order valence-corrected chi connectivity index (χ1v) is 9.05. The molecule has 0 bridgehead atoms. The van der Waals surface area contributed by atoms with E-state index in [1.807, 2.05) is 30.5 Å². The van der Waals surface area contributed by atoms with Gasteiger partial charge in [0.15, 0.2) is 0 Å². The summed E-state index contributed by atoms with van der Waals surface area (Å²) < 4.78 is 0. The number of nitrogens with zero attached hydrogens (tertiary/aromatic N) is 2. The summed E-state index contributed by atoms with van der Waals surface area (Å²) in [6.07, 6.45) is 5.45. The number of anilines is 1. The van der Waals surface area contributed by atoms with Gasteiger partial charge in [-0.25, -0.2) is 0 Å². The number of halogens is 1. The van der Waals surface area contributed by atoms with Crippen LogP contribution >= 0.6 is 11.6 Å². The highest BCUT2D eigenvalue weighted by Gasteiger charge is 2.08. The van der Waals surface area contributed by atoms with Crippen molar-refractivity contribution >= 4 is 28.2 Å². The van der Waals surface area contributed by atoms with Crippen LogP contribution in [0.5, 0.6) is 0 Å². The molecule has 3 nitrogen and oxygen atoms in total. The molecule has 4 heteroatoms. The van der Waals surface area contributed by atoms with E-state index in [9.17, 15) is 0 Å². The third-order valence-electron chi connectivity index (χ3n) is 4.21. The van der Waals surface area contributed by atoms with Crippen molar-refractivity contribution < 1.29 is 0 Å². The number of benzene rings is 1. The Morgan fingerprint density at radius 2 is 2.04 bits per heavy atom. The first-order valence-electron chi connectivity index (χ1n) is 8.67. The molecule has 1 aromatic carbocycles. The van der Waals surface area contributed by atoms with Crippen LogP contribution in [0, 0.1) is 0 Å². The number of rotatable bonds is 9. The number of hydrogen-bond acceptors (Lipinski definition) is 3. The summed E-state index contributed by atoms with van der Waals surface area (Å²) in [6, 6.07) is 8.36. The van der Waals surface area contributed by atoms with E-state index in [-0.39, 0.29) is 0 Å². The Hall–Kier alpha value is -1.32. The lowest BCUT2D eigenvalue weighted by Crippen LogP contribution is -2.26. The van der Waals surface area contributed by atoms with Gasteiger partial charge in [0.05, 0.1) is 5.52 Å². The maximum absolute atomic E-state index is 6.05. The first kappa shape index (κ1) is 18.0. The standard InChI is InChI=1S/C19H28ClN3/c1-4-12-23(5-2)13-6-7-15(3)22-18-10-11-21-19-14-16(20)8-9-17(18)19/h8-11,14-15H,4-7,12-13H2,1-3H3,(H,21,22). The van der Waals surface area contributed by atoms with Crippen LogP contribution in [0.3, 0.4) is 0 Å². The van der Waals surface area contributed by atoms with E-state index >= 15 is 0 Å². The van der Waals surface area contributed by atoms with E-state index in [1.54, 1.807) is 0 Å². The van der Waals surface area contributed by atoms with Gasteiger partial charge in [0.25, 0.3) is 0 Å². The quantitative estimate of drug-likeness (QED) is 0.683. The molecule has 0 saturated heterocycles. The lowest BCUT2D eigenvalue weighted by Gasteiger charge is -2.21. The maximum Gasteiger partial charge on any atom is 0.0737 e. The summed E-state index contributed by atoms with van der Waals surface area (Å²) in [5.74, 6) is 0. The lowest BCUT2D eigenvalue weighted by molar-refractivity contribution is 0.281. The molecule has 1 aromatic heterocycles. The van der Waals surface area contributed by atoms with Crippen LogP contribution in [-0.2, 0) is 0 Å². The Morgan fingerprint density at radius 3 is 2.78 bits per heavy atom. The minimum absolute atomic E-state index is 0.441. The van der Waals surface area contributed by atoms with Crippen molar-refractivity contribution in [3.05, 3.63) is 35.5 Å². The SMILES string of the molecule is CCCN(CC)CCCC(C)Nc1ccnc2cc(Cl)ccc12. The molecular weight excluding hydrogens is 306 g/mol. The number of aromatic nitrogens is 1. The molecule has 126 valence electrons. The average Bonchev–Trinajstić information content (AvgIpc) is 2.54. The first-order chi connectivity index (χ1) is 11.1. The fraction of sp³-hybridized carbons (Fsp3) is 0.526. The Morgan fingerprint density at radius 1 is 1.22 bits per heavy atom. The van der Waals surface area contributed by atoms with Gasteiger partial charge in [0.1, 0.15) is 0 Å². The van der Waals surface area contributed by atoms with Crippen LogP contribution in [0.1, 0.15) is 40.0 Å². The summed E-state index contributed by atoms with van der Waals surface area (Å²) in [7, 11) is 0. The van der Waals surface area contributed by atoms with E-state index in [2.05, 4.69) is 36.0 Å². The average molecular weight is 334 g/mol. The third kappa shape index (κ3) is 5.36. The molecular formula is C19H28ClN3. The van der Waals surface area contributed by atoms with Crippen molar-refractivity contribution in [2.24, 2.45) is 0 Å². The molecule has 1 heterocycles. The van der Waals surface area contributed by atoms with Crippen molar-refractivity contribution in [1.82, 2.24) is 9.88 Å². The molecule has 1 atom stereocenters. The highest BCUT2D eigenvalue weighted by atomic mass is 35.5. The zero-order valence-corrected chi connectivity index (χ0v) is 15.2. The lowest BCUT2D eigenvalue weighted by atomic mass is 10.1. The van der Waals surface area contributed by atoms with E-state index in [0.29, 0.717) is 6.04 Å². The summed E-state index contributed by atoms with van der Waals surface area (Å²) in [4.78, 5) is 6.92. The van der Waals surface area contributed by atoms with Gasteiger partial charge < -0.3 is 10.2 Å². The minimum atomic E-state index is 0.441. The minimum Gasteiger partial charge on any atom is -0.382 e. The fourth-order valence-electron chi connectivity index (χ4n) is 2.95. The van der Waals surface area contributed by atoms with E-state index < -0.39 is 0 Å². The van der Waals surface area contributed by atoms with E-state index in [4.69, 9.17) is 11.6 Å². The number of pyridine rings is 1. The fourth-order valence-corrected chi connectivity index (χ4v) is 3.12. The summed E-state index contributed by atoms with van der Waals surface area (Å²) in [5, 5.41) is 5.48. The predicted octanol–water partition coefficient (Wildman–Crippen LogP) is 5.20. The van der Waals surface area contributed by atoms with Gasteiger partial charge in [-0.15, -0.1) is 0 Å². The van der Waals surface area contributed by atoms with Crippen LogP contribution in [-0.4, -0.2) is 35.6 Å². The molecule has 0 fully saturated rings. The predicted molar refractivity (Wildman–Crippen MR) is 101 cm³/mol. The van der Waals surface area contributed by atoms with E-state index in [1.165, 1.54) is 25.9 Å². The Balaban J connectivity index is 1.91. The van der Waals surface area contributed by atoms with Crippen LogP contribution in [0.4, 0.5) is 5.69 Å². The zero-order chi connectivity index (χ0) is 16.7. The Labute approximate surface area is 145 Å². The topological polar surface area (TPSA) is 28.2 Å². The Kier molecular flexibility index (Phi) is 7.13. The summed E-state index contributed by atoms with van der Waals surface area (Å²) >= 11 is 6.05. The van der Waals surface area contributed by atoms with Crippen LogP contribution in [0.15, 0.2) is 30.5 Å². The normalized spacial score (nSPS) is 12.7. The molecule has 0 spiro atoms. The molecule has 0 aliphatic heterocycles. The van der Waals surface area contributed by atoms with Gasteiger partial charge >= 0.3 is 0 Å².